The van der Waals surface area contributed by atoms with E-state index in [0.29, 0.717) is 6.61 Å². The van der Waals surface area contributed by atoms with Crippen LogP contribution in [0.4, 0.5) is 0 Å². The molecule has 0 fully saturated rings. The molecular weight excluding hydrogens is 208 g/mol. The van der Waals surface area contributed by atoms with Crippen molar-refractivity contribution < 1.29 is 4.74 Å². The number of rotatable bonds is 2. The molecule has 0 aliphatic rings. The molecule has 17 heavy (non-hydrogen) atoms. The molecule has 0 heterocycles. The fourth-order valence-electron chi connectivity index (χ4n) is 1.81. The van der Waals surface area contributed by atoms with Crippen LogP contribution in [0, 0.1) is 6.92 Å². The summed E-state index contributed by atoms with van der Waals surface area (Å²) in [6, 6.07) is 13.1. The molecule has 90 valence electrons. The minimum absolute atomic E-state index is 0.0818. The summed E-state index contributed by atoms with van der Waals surface area (Å²) < 4.78 is 5.79. The molecule has 0 unspecified atom stereocenters. The summed E-state index contributed by atoms with van der Waals surface area (Å²) in [7, 11) is 0. The van der Waals surface area contributed by atoms with E-state index in [1.807, 2.05) is 0 Å². The smallest absolute Gasteiger partial charge is 0.0724 e. The highest BCUT2D eigenvalue weighted by Crippen LogP contribution is 2.19. The SMILES string of the molecule is Cc1ccc2ccc(COC(C)(C)C)cc2c1. The number of hydrogen-bond acceptors (Lipinski definition) is 1. The second-order valence-corrected chi connectivity index (χ2v) is 5.59. The first-order chi connectivity index (χ1) is 7.94. The lowest BCUT2D eigenvalue weighted by atomic mass is 10.0. The number of hydrogen-bond donors (Lipinski definition) is 0. The largest absolute Gasteiger partial charge is 0.371 e. The third-order valence-corrected chi connectivity index (χ3v) is 2.73. The maximum Gasteiger partial charge on any atom is 0.0724 e. The van der Waals surface area contributed by atoms with Crippen molar-refractivity contribution in [3.8, 4) is 0 Å². The molecule has 0 spiro atoms. The van der Waals surface area contributed by atoms with E-state index in [0.717, 1.165) is 0 Å². The maximum absolute atomic E-state index is 5.79. The van der Waals surface area contributed by atoms with Gasteiger partial charge in [0, 0.05) is 0 Å². The van der Waals surface area contributed by atoms with Gasteiger partial charge in [0.15, 0.2) is 0 Å². The molecule has 0 N–H and O–H groups in total. The normalized spacial score (nSPS) is 12.0. The molecule has 0 saturated carbocycles. The van der Waals surface area contributed by atoms with Crippen LogP contribution < -0.4 is 0 Å². The lowest BCUT2D eigenvalue weighted by molar-refractivity contribution is -0.0149. The van der Waals surface area contributed by atoms with Crippen LogP contribution in [0.2, 0.25) is 0 Å². The molecule has 1 heteroatoms. The second-order valence-electron chi connectivity index (χ2n) is 5.59. The molecule has 2 rings (SSSR count). The second kappa shape index (κ2) is 4.50. The van der Waals surface area contributed by atoms with Crippen LogP contribution in [-0.4, -0.2) is 5.60 Å². The van der Waals surface area contributed by atoms with Crippen molar-refractivity contribution >= 4 is 10.8 Å². The van der Waals surface area contributed by atoms with Gasteiger partial charge in [0.25, 0.3) is 0 Å². The number of aryl methyl sites for hydroxylation is 1. The highest BCUT2D eigenvalue weighted by Gasteiger charge is 2.10. The van der Waals surface area contributed by atoms with Crippen LogP contribution in [0.15, 0.2) is 36.4 Å². The van der Waals surface area contributed by atoms with Crippen LogP contribution in [0.1, 0.15) is 31.9 Å². The minimum Gasteiger partial charge on any atom is -0.371 e. The van der Waals surface area contributed by atoms with Crippen LogP contribution in [0.3, 0.4) is 0 Å². The first-order valence-corrected chi connectivity index (χ1v) is 6.07. The predicted octanol–water partition coefficient (Wildman–Crippen LogP) is 4.46. The maximum atomic E-state index is 5.79. The van der Waals surface area contributed by atoms with Crippen LogP contribution in [0.5, 0.6) is 0 Å². The van der Waals surface area contributed by atoms with Gasteiger partial charge in [-0.1, -0.05) is 35.9 Å². The Kier molecular flexibility index (Phi) is 3.21. The van der Waals surface area contributed by atoms with Crippen LogP contribution in [-0.2, 0) is 11.3 Å². The molecule has 0 aliphatic heterocycles. The highest BCUT2D eigenvalue weighted by atomic mass is 16.5. The summed E-state index contributed by atoms with van der Waals surface area (Å²) in [5, 5.41) is 2.58. The van der Waals surface area contributed by atoms with Crippen molar-refractivity contribution in [2.75, 3.05) is 0 Å². The van der Waals surface area contributed by atoms with E-state index in [9.17, 15) is 0 Å². The molecule has 0 aromatic heterocycles. The summed E-state index contributed by atoms with van der Waals surface area (Å²) in [5.41, 5.74) is 2.45. The number of ether oxygens (including phenoxy) is 1. The van der Waals surface area contributed by atoms with Crippen molar-refractivity contribution in [1.82, 2.24) is 0 Å². The fraction of sp³-hybridized carbons (Fsp3) is 0.375. The Hall–Kier alpha value is -1.34. The van der Waals surface area contributed by atoms with Crippen LogP contribution >= 0.6 is 0 Å². The molecule has 1 nitrogen and oxygen atoms in total. The molecule has 0 saturated heterocycles. The molecule has 2 aromatic carbocycles. The zero-order chi connectivity index (χ0) is 12.5. The first kappa shape index (κ1) is 12.1. The summed E-state index contributed by atoms with van der Waals surface area (Å²) in [6.07, 6.45) is 0. The van der Waals surface area contributed by atoms with Crippen molar-refractivity contribution in [2.24, 2.45) is 0 Å². The van der Waals surface area contributed by atoms with E-state index in [4.69, 9.17) is 4.74 Å². The average molecular weight is 228 g/mol. The van der Waals surface area contributed by atoms with Crippen molar-refractivity contribution in [3.05, 3.63) is 47.5 Å². The van der Waals surface area contributed by atoms with Crippen molar-refractivity contribution in [1.29, 1.82) is 0 Å². The fourth-order valence-corrected chi connectivity index (χ4v) is 1.81. The van der Waals surface area contributed by atoms with Gasteiger partial charge in [-0.25, -0.2) is 0 Å². The van der Waals surface area contributed by atoms with E-state index in [1.165, 1.54) is 21.9 Å². The lowest BCUT2D eigenvalue weighted by Gasteiger charge is -2.19. The quantitative estimate of drug-likeness (QED) is 0.737. The van der Waals surface area contributed by atoms with Gasteiger partial charge in [0.2, 0.25) is 0 Å². The Bertz CT molecular complexity index is 521. The first-order valence-electron chi connectivity index (χ1n) is 6.07. The zero-order valence-electron chi connectivity index (χ0n) is 11.1. The van der Waals surface area contributed by atoms with E-state index < -0.39 is 0 Å². The summed E-state index contributed by atoms with van der Waals surface area (Å²) >= 11 is 0. The lowest BCUT2D eigenvalue weighted by Crippen LogP contribution is -2.18. The van der Waals surface area contributed by atoms with E-state index >= 15 is 0 Å². The molecule has 0 radical (unpaired) electrons. The zero-order valence-corrected chi connectivity index (χ0v) is 11.1. The molecule has 0 amide bonds. The van der Waals surface area contributed by atoms with Crippen molar-refractivity contribution in [2.45, 2.75) is 39.9 Å². The number of fused-ring (bicyclic) bond motifs is 1. The third kappa shape index (κ3) is 3.31. The highest BCUT2D eigenvalue weighted by molar-refractivity contribution is 5.83. The van der Waals surface area contributed by atoms with Gasteiger partial charge in [0.05, 0.1) is 12.2 Å². The standard InChI is InChI=1S/C16H20O/c1-12-5-7-14-8-6-13(10-15(14)9-12)11-17-16(2,3)4/h5-10H,11H2,1-4H3. The van der Waals surface area contributed by atoms with Gasteiger partial charge >= 0.3 is 0 Å². The van der Waals surface area contributed by atoms with Gasteiger partial charge in [-0.15, -0.1) is 0 Å². The Morgan fingerprint density at radius 2 is 1.65 bits per heavy atom. The van der Waals surface area contributed by atoms with Gasteiger partial charge in [-0.05, 0) is 50.1 Å². The topological polar surface area (TPSA) is 9.23 Å². The van der Waals surface area contributed by atoms with Crippen LogP contribution in [0.25, 0.3) is 10.8 Å². The monoisotopic (exact) mass is 228 g/mol. The Morgan fingerprint density at radius 1 is 0.941 bits per heavy atom. The molecule has 0 aliphatic carbocycles. The molecule has 0 bridgehead atoms. The Balaban J connectivity index is 2.25. The average Bonchev–Trinajstić information content (AvgIpc) is 2.24. The summed E-state index contributed by atoms with van der Waals surface area (Å²) in [4.78, 5) is 0. The summed E-state index contributed by atoms with van der Waals surface area (Å²) in [6.45, 7) is 9.04. The molecule has 2 aromatic rings. The van der Waals surface area contributed by atoms with Crippen molar-refractivity contribution in [3.63, 3.8) is 0 Å². The van der Waals surface area contributed by atoms with E-state index in [2.05, 4.69) is 64.1 Å². The minimum atomic E-state index is -0.0818. The Labute approximate surface area is 103 Å². The van der Waals surface area contributed by atoms with Gasteiger partial charge < -0.3 is 4.74 Å². The Morgan fingerprint density at radius 3 is 2.35 bits per heavy atom. The third-order valence-electron chi connectivity index (χ3n) is 2.73. The molecule has 0 atom stereocenters. The van der Waals surface area contributed by atoms with Gasteiger partial charge in [-0.2, -0.15) is 0 Å². The summed E-state index contributed by atoms with van der Waals surface area (Å²) in [5.74, 6) is 0. The molecular formula is C16H20O. The van der Waals surface area contributed by atoms with E-state index in [1.54, 1.807) is 0 Å². The van der Waals surface area contributed by atoms with Gasteiger partial charge in [-0.3, -0.25) is 0 Å². The number of benzene rings is 2. The van der Waals surface area contributed by atoms with E-state index in [-0.39, 0.29) is 5.60 Å². The van der Waals surface area contributed by atoms with Gasteiger partial charge in [0.1, 0.15) is 0 Å². The predicted molar refractivity (Wildman–Crippen MR) is 73.2 cm³/mol.